The van der Waals surface area contributed by atoms with Crippen molar-refractivity contribution >= 4 is 23.1 Å². The fourth-order valence-electron chi connectivity index (χ4n) is 2.59. The minimum Gasteiger partial charge on any atom is -0.338 e. The van der Waals surface area contributed by atoms with E-state index in [1.54, 1.807) is 24.1 Å². The smallest absolute Gasteiger partial charge is 0.278 e. The molecule has 5 nitrogen and oxygen atoms in total. The molecule has 0 saturated heterocycles. The number of para-hydroxylation sites is 2. The van der Waals surface area contributed by atoms with Gasteiger partial charge in [0.25, 0.3) is 5.91 Å². The second-order valence-corrected chi connectivity index (χ2v) is 5.90. The normalized spacial score (nSPS) is 10.4. The Kier molecular flexibility index (Phi) is 4.75. The highest BCUT2D eigenvalue weighted by atomic mass is 16.2. The Labute approximate surface area is 147 Å². The van der Waals surface area contributed by atoms with Crippen molar-refractivity contribution < 1.29 is 4.79 Å². The average molecular weight is 332 g/mol. The summed E-state index contributed by atoms with van der Waals surface area (Å²) in [6, 6.07) is 19.0. The Bertz CT molecular complexity index is 856. The van der Waals surface area contributed by atoms with E-state index in [1.807, 2.05) is 62.4 Å². The lowest BCUT2D eigenvalue weighted by molar-refractivity contribution is 0.0987. The summed E-state index contributed by atoms with van der Waals surface area (Å²) in [6.07, 6.45) is 0. The minimum atomic E-state index is -0.197. The molecule has 1 aromatic heterocycles. The zero-order chi connectivity index (χ0) is 17.8. The van der Waals surface area contributed by atoms with Gasteiger partial charge in [0.05, 0.1) is 0 Å². The van der Waals surface area contributed by atoms with E-state index in [1.165, 1.54) is 0 Å². The molecular weight excluding hydrogens is 312 g/mol. The van der Waals surface area contributed by atoms with Crippen LogP contribution in [0, 0.1) is 13.8 Å². The molecule has 0 unspecified atom stereocenters. The molecule has 126 valence electrons. The van der Waals surface area contributed by atoms with Gasteiger partial charge in [0.2, 0.25) is 0 Å². The molecule has 0 fully saturated rings. The summed E-state index contributed by atoms with van der Waals surface area (Å²) in [5, 5.41) is 11.5. The number of hydrogen-bond acceptors (Lipinski definition) is 4. The predicted octanol–water partition coefficient (Wildman–Crippen LogP) is 4.11. The van der Waals surface area contributed by atoms with Crippen molar-refractivity contribution in [2.24, 2.45) is 0 Å². The number of hydrogen-bond donors (Lipinski definition) is 1. The number of carbonyl (C=O) groups is 1. The molecule has 0 aliphatic heterocycles. The van der Waals surface area contributed by atoms with Gasteiger partial charge in [0.1, 0.15) is 0 Å². The zero-order valence-electron chi connectivity index (χ0n) is 14.5. The van der Waals surface area contributed by atoms with Crippen LogP contribution >= 0.6 is 0 Å². The van der Waals surface area contributed by atoms with Gasteiger partial charge in [-0.25, -0.2) is 0 Å². The summed E-state index contributed by atoms with van der Waals surface area (Å²) in [5.74, 6) is 0.411. The van der Waals surface area contributed by atoms with E-state index in [0.29, 0.717) is 11.5 Å². The van der Waals surface area contributed by atoms with E-state index in [4.69, 9.17) is 0 Å². The summed E-state index contributed by atoms with van der Waals surface area (Å²) in [4.78, 5) is 14.1. The number of amides is 1. The number of nitrogens with one attached hydrogen (secondary N) is 1. The van der Waals surface area contributed by atoms with E-state index >= 15 is 0 Å². The van der Waals surface area contributed by atoms with Gasteiger partial charge in [-0.15, -0.1) is 10.2 Å². The first-order valence-electron chi connectivity index (χ1n) is 8.06. The summed E-state index contributed by atoms with van der Waals surface area (Å²) in [6.45, 7) is 4.07. The van der Waals surface area contributed by atoms with Gasteiger partial charge in [-0.2, -0.15) is 0 Å². The molecular formula is C20H20N4O. The van der Waals surface area contributed by atoms with E-state index in [-0.39, 0.29) is 5.91 Å². The van der Waals surface area contributed by atoms with E-state index in [2.05, 4.69) is 15.5 Å². The highest BCUT2D eigenvalue weighted by Gasteiger charge is 2.15. The summed E-state index contributed by atoms with van der Waals surface area (Å²) >= 11 is 0. The lowest BCUT2D eigenvalue weighted by Gasteiger charge is -2.16. The van der Waals surface area contributed by atoms with Crippen LogP contribution < -0.4 is 10.2 Å². The first kappa shape index (κ1) is 16.6. The van der Waals surface area contributed by atoms with Crippen LogP contribution in [0.1, 0.15) is 21.6 Å². The minimum absolute atomic E-state index is 0.197. The maximum Gasteiger partial charge on any atom is 0.278 e. The molecule has 1 heterocycles. The first-order chi connectivity index (χ1) is 12.1. The quantitative estimate of drug-likeness (QED) is 0.781. The van der Waals surface area contributed by atoms with Crippen LogP contribution in [-0.2, 0) is 0 Å². The van der Waals surface area contributed by atoms with Crippen LogP contribution in [0.4, 0.5) is 17.2 Å². The van der Waals surface area contributed by atoms with Crippen LogP contribution in [0.2, 0.25) is 0 Å². The number of benzene rings is 2. The topological polar surface area (TPSA) is 58.1 Å². The molecule has 25 heavy (non-hydrogen) atoms. The molecule has 1 N–H and O–H groups in total. The molecule has 3 rings (SSSR count). The Morgan fingerprint density at radius 1 is 0.880 bits per heavy atom. The third-order valence-corrected chi connectivity index (χ3v) is 4.07. The van der Waals surface area contributed by atoms with Gasteiger partial charge in [-0.3, -0.25) is 4.79 Å². The van der Waals surface area contributed by atoms with Gasteiger partial charge in [0.15, 0.2) is 11.5 Å². The zero-order valence-corrected chi connectivity index (χ0v) is 14.5. The van der Waals surface area contributed by atoms with Crippen molar-refractivity contribution in [3.63, 3.8) is 0 Å². The monoisotopic (exact) mass is 332 g/mol. The van der Waals surface area contributed by atoms with Crippen molar-refractivity contribution in [3.8, 4) is 0 Å². The highest BCUT2D eigenvalue weighted by Crippen LogP contribution is 2.23. The number of aromatic nitrogens is 2. The molecule has 1 amide bonds. The van der Waals surface area contributed by atoms with Crippen molar-refractivity contribution in [1.82, 2.24) is 10.2 Å². The van der Waals surface area contributed by atoms with Gasteiger partial charge >= 0.3 is 0 Å². The molecule has 0 atom stereocenters. The average Bonchev–Trinajstić information content (AvgIpc) is 2.65. The van der Waals surface area contributed by atoms with Crippen LogP contribution in [0.25, 0.3) is 0 Å². The van der Waals surface area contributed by atoms with E-state index in [9.17, 15) is 4.79 Å². The molecule has 0 bridgehead atoms. The second-order valence-electron chi connectivity index (χ2n) is 5.90. The van der Waals surface area contributed by atoms with Crippen molar-refractivity contribution in [3.05, 3.63) is 77.5 Å². The van der Waals surface area contributed by atoms with Crippen LogP contribution in [-0.4, -0.2) is 23.2 Å². The van der Waals surface area contributed by atoms with Gasteiger partial charge in [-0.1, -0.05) is 36.4 Å². The van der Waals surface area contributed by atoms with Crippen LogP contribution in [0.5, 0.6) is 0 Å². The maximum atomic E-state index is 12.5. The Morgan fingerprint density at radius 3 is 2.16 bits per heavy atom. The van der Waals surface area contributed by atoms with E-state index in [0.717, 1.165) is 22.5 Å². The largest absolute Gasteiger partial charge is 0.338 e. The summed E-state index contributed by atoms with van der Waals surface area (Å²) in [7, 11) is 1.72. The van der Waals surface area contributed by atoms with Crippen molar-refractivity contribution in [1.29, 1.82) is 0 Å². The van der Waals surface area contributed by atoms with Crippen LogP contribution in [0.3, 0.4) is 0 Å². The number of rotatable bonds is 4. The first-order valence-corrected chi connectivity index (χ1v) is 8.06. The van der Waals surface area contributed by atoms with Crippen molar-refractivity contribution in [2.75, 3.05) is 17.3 Å². The number of anilines is 3. The van der Waals surface area contributed by atoms with Gasteiger partial charge in [-0.05, 0) is 49.2 Å². The number of carbonyl (C=O) groups excluding carboxylic acids is 1. The highest BCUT2D eigenvalue weighted by molar-refractivity contribution is 6.04. The molecule has 2 aromatic carbocycles. The Balaban J connectivity index is 1.77. The third-order valence-electron chi connectivity index (χ3n) is 4.07. The predicted molar refractivity (Wildman–Crippen MR) is 100 cm³/mol. The molecule has 5 heteroatoms. The van der Waals surface area contributed by atoms with Gasteiger partial charge in [0, 0.05) is 18.4 Å². The maximum absolute atomic E-state index is 12.5. The molecule has 0 aliphatic carbocycles. The summed E-state index contributed by atoms with van der Waals surface area (Å²) in [5.41, 5.74) is 4.39. The fraction of sp³-hybridized carbons (Fsp3) is 0.150. The number of nitrogens with zero attached hydrogens (tertiary/aromatic N) is 3. The van der Waals surface area contributed by atoms with Crippen LogP contribution in [0.15, 0.2) is 60.7 Å². The molecule has 0 aliphatic rings. The molecule has 0 saturated carbocycles. The lowest BCUT2D eigenvalue weighted by atomic mass is 10.1. The summed E-state index contributed by atoms with van der Waals surface area (Å²) < 4.78 is 0. The standard InChI is InChI=1S/C20H20N4O/c1-14-8-7-9-15(2)19(14)21-18-13-12-17(22-23-18)20(25)24(3)16-10-5-4-6-11-16/h4-13H,1-3H3,(H,21,23). The SMILES string of the molecule is Cc1cccc(C)c1Nc1ccc(C(=O)N(C)c2ccccc2)nn1. The molecule has 3 aromatic rings. The fourth-order valence-corrected chi connectivity index (χ4v) is 2.59. The van der Waals surface area contributed by atoms with Crippen molar-refractivity contribution in [2.45, 2.75) is 13.8 Å². The number of aryl methyl sites for hydroxylation is 2. The molecule has 0 radical (unpaired) electrons. The third kappa shape index (κ3) is 3.66. The van der Waals surface area contributed by atoms with Gasteiger partial charge < -0.3 is 10.2 Å². The Hall–Kier alpha value is -3.21. The molecule has 0 spiro atoms. The lowest BCUT2D eigenvalue weighted by Crippen LogP contribution is -2.27. The second kappa shape index (κ2) is 7.13. The van der Waals surface area contributed by atoms with E-state index < -0.39 is 0 Å². The Morgan fingerprint density at radius 2 is 1.56 bits per heavy atom.